The summed E-state index contributed by atoms with van der Waals surface area (Å²) in [4.78, 5) is 0. The maximum absolute atomic E-state index is 13.2. The summed E-state index contributed by atoms with van der Waals surface area (Å²) in [7, 11) is -3.82. The van der Waals surface area contributed by atoms with Gasteiger partial charge >= 0.3 is 0 Å². The Morgan fingerprint density at radius 2 is 1.45 bits per heavy atom. The number of hydrogen-bond acceptors (Lipinski definition) is 4. The van der Waals surface area contributed by atoms with E-state index in [-0.39, 0.29) is 10.9 Å². The van der Waals surface area contributed by atoms with Crippen molar-refractivity contribution in [3.05, 3.63) is 90.2 Å². The highest BCUT2D eigenvalue weighted by Crippen LogP contribution is 2.27. The normalized spacial score (nSPS) is 12.0. The quantitative estimate of drug-likeness (QED) is 0.455. The molecule has 0 radical (unpaired) electrons. The summed E-state index contributed by atoms with van der Waals surface area (Å²) in [5.41, 5.74) is 2.85. The predicted molar refractivity (Wildman–Crippen MR) is 107 cm³/mol. The van der Waals surface area contributed by atoms with Gasteiger partial charge in [0.15, 0.2) is 0 Å². The van der Waals surface area contributed by atoms with Crippen molar-refractivity contribution in [1.29, 1.82) is 0 Å². The zero-order chi connectivity index (χ0) is 20.0. The highest BCUT2D eigenvalue weighted by molar-refractivity contribution is 7.90. The van der Waals surface area contributed by atoms with Gasteiger partial charge in [0, 0.05) is 5.69 Å². The van der Waals surface area contributed by atoms with Crippen molar-refractivity contribution < 1.29 is 12.8 Å². The van der Waals surface area contributed by atoms with Gasteiger partial charge in [-0.15, -0.1) is 10.2 Å². The van der Waals surface area contributed by atoms with Gasteiger partial charge < -0.3 is 0 Å². The molecular formula is C21H15FN4O2S. The molecular weight excluding hydrogens is 391 g/mol. The first-order chi connectivity index (χ1) is 14.0. The Labute approximate surface area is 165 Å². The zero-order valence-corrected chi connectivity index (χ0v) is 15.9. The van der Waals surface area contributed by atoms with Crippen molar-refractivity contribution >= 4 is 26.6 Å². The lowest BCUT2D eigenvalue weighted by Crippen LogP contribution is -2.09. The van der Waals surface area contributed by atoms with Crippen LogP contribution in [0.3, 0.4) is 0 Å². The van der Waals surface area contributed by atoms with E-state index in [0.29, 0.717) is 16.9 Å². The van der Waals surface area contributed by atoms with Crippen LogP contribution >= 0.6 is 0 Å². The fourth-order valence-electron chi connectivity index (χ4n) is 3.47. The third-order valence-corrected chi connectivity index (χ3v) is 6.28. The number of fused-ring (bicyclic) bond motifs is 3. The number of imidazole rings is 1. The summed E-state index contributed by atoms with van der Waals surface area (Å²) in [5, 5.41) is 8.06. The van der Waals surface area contributed by atoms with Crippen LogP contribution in [0.4, 0.5) is 4.39 Å². The summed E-state index contributed by atoms with van der Waals surface area (Å²) in [6.45, 7) is 0. The van der Waals surface area contributed by atoms with Crippen molar-refractivity contribution in [2.24, 2.45) is 0 Å². The lowest BCUT2D eigenvalue weighted by Gasteiger charge is -2.03. The van der Waals surface area contributed by atoms with E-state index in [1.807, 2.05) is 59.2 Å². The van der Waals surface area contributed by atoms with Crippen LogP contribution in [0, 0.1) is 5.82 Å². The molecule has 0 saturated heterocycles. The SMILES string of the molecule is O=S(=O)(Cc1ccc(F)cc1)c1nnc2n(-c3ccccc3)c3ccccc3n12. The van der Waals surface area contributed by atoms with E-state index in [0.717, 1.165) is 11.2 Å². The number of benzene rings is 3. The molecule has 0 spiro atoms. The molecule has 0 amide bonds. The van der Waals surface area contributed by atoms with Crippen LogP contribution in [-0.4, -0.2) is 27.6 Å². The number of hydrogen-bond donors (Lipinski definition) is 0. The Morgan fingerprint density at radius 3 is 2.17 bits per heavy atom. The van der Waals surface area contributed by atoms with Gasteiger partial charge in [-0.3, -0.25) is 4.57 Å². The number of rotatable bonds is 4. The molecule has 0 aliphatic rings. The Hall–Kier alpha value is -3.52. The molecule has 0 bridgehead atoms. The minimum absolute atomic E-state index is 0.136. The van der Waals surface area contributed by atoms with Crippen molar-refractivity contribution in [2.45, 2.75) is 10.9 Å². The summed E-state index contributed by atoms with van der Waals surface area (Å²) < 4.78 is 42.8. The smallest absolute Gasteiger partial charge is 0.256 e. The van der Waals surface area contributed by atoms with Crippen molar-refractivity contribution in [3.8, 4) is 5.69 Å². The van der Waals surface area contributed by atoms with Gasteiger partial charge in [-0.1, -0.05) is 42.5 Å². The molecule has 3 aromatic carbocycles. The number of aromatic nitrogens is 4. The van der Waals surface area contributed by atoms with Gasteiger partial charge in [0.1, 0.15) is 5.82 Å². The molecule has 0 aliphatic carbocycles. The molecule has 8 heteroatoms. The molecule has 0 fully saturated rings. The lowest BCUT2D eigenvalue weighted by molar-refractivity contribution is 0.584. The molecule has 5 rings (SSSR count). The Kier molecular flexibility index (Phi) is 3.95. The van der Waals surface area contributed by atoms with E-state index in [2.05, 4.69) is 10.2 Å². The van der Waals surface area contributed by atoms with Crippen LogP contribution in [0.15, 0.2) is 84.0 Å². The van der Waals surface area contributed by atoms with Crippen LogP contribution < -0.4 is 0 Å². The van der Waals surface area contributed by atoms with E-state index in [1.165, 1.54) is 24.3 Å². The fourth-order valence-corrected chi connectivity index (χ4v) is 4.85. The number of nitrogens with zero attached hydrogens (tertiary/aromatic N) is 4. The molecule has 0 aliphatic heterocycles. The third-order valence-electron chi connectivity index (χ3n) is 4.74. The van der Waals surface area contributed by atoms with Crippen LogP contribution in [0.2, 0.25) is 0 Å². The van der Waals surface area contributed by atoms with Crippen LogP contribution in [-0.2, 0) is 15.6 Å². The van der Waals surface area contributed by atoms with Crippen LogP contribution in [0.25, 0.3) is 22.5 Å². The molecule has 2 aromatic heterocycles. The number of sulfone groups is 1. The maximum atomic E-state index is 13.2. The summed E-state index contributed by atoms with van der Waals surface area (Å²) >= 11 is 0. The van der Waals surface area contributed by atoms with Gasteiger partial charge in [0.05, 0.1) is 16.8 Å². The second kappa shape index (κ2) is 6.52. The Balaban J connectivity index is 1.73. The summed E-state index contributed by atoms with van der Waals surface area (Å²) in [6, 6.07) is 22.4. The zero-order valence-electron chi connectivity index (χ0n) is 15.1. The predicted octanol–water partition coefficient (Wildman–Crippen LogP) is 3.79. The lowest BCUT2D eigenvalue weighted by atomic mass is 10.2. The monoisotopic (exact) mass is 406 g/mol. The Morgan fingerprint density at radius 1 is 0.793 bits per heavy atom. The Bertz CT molecular complexity index is 1440. The van der Waals surface area contributed by atoms with E-state index >= 15 is 0 Å². The average molecular weight is 406 g/mol. The van der Waals surface area contributed by atoms with Crippen molar-refractivity contribution in [1.82, 2.24) is 19.2 Å². The molecule has 2 heterocycles. The first-order valence-electron chi connectivity index (χ1n) is 8.92. The van der Waals surface area contributed by atoms with E-state index in [4.69, 9.17) is 0 Å². The fraction of sp³-hybridized carbons (Fsp3) is 0.0476. The van der Waals surface area contributed by atoms with E-state index < -0.39 is 15.7 Å². The van der Waals surface area contributed by atoms with Gasteiger partial charge in [-0.2, -0.15) is 0 Å². The molecule has 0 N–H and O–H groups in total. The molecule has 0 unspecified atom stereocenters. The van der Waals surface area contributed by atoms with Crippen molar-refractivity contribution in [2.75, 3.05) is 0 Å². The topological polar surface area (TPSA) is 69.3 Å². The molecule has 0 saturated carbocycles. The standard InChI is InChI=1S/C21H15FN4O2S/c22-16-12-10-15(11-13-16)14-29(27,28)21-24-23-20-25(17-6-2-1-3-7-17)18-8-4-5-9-19(18)26(20)21/h1-13H,14H2. The second-order valence-electron chi connectivity index (χ2n) is 6.66. The summed E-state index contributed by atoms with van der Waals surface area (Å²) in [5.74, 6) is -0.295. The summed E-state index contributed by atoms with van der Waals surface area (Å²) in [6.07, 6.45) is 0. The molecule has 144 valence electrons. The largest absolute Gasteiger partial charge is 0.277 e. The first-order valence-corrected chi connectivity index (χ1v) is 10.6. The van der Waals surface area contributed by atoms with Gasteiger partial charge in [-0.25, -0.2) is 17.2 Å². The molecule has 6 nitrogen and oxygen atoms in total. The van der Waals surface area contributed by atoms with Crippen LogP contribution in [0.1, 0.15) is 5.56 Å². The number of para-hydroxylation sites is 3. The highest BCUT2D eigenvalue weighted by atomic mass is 32.2. The van der Waals surface area contributed by atoms with Gasteiger partial charge in [0.2, 0.25) is 15.6 Å². The minimum Gasteiger partial charge on any atom is -0.277 e. The van der Waals surface area contributed by atoms with Crippen molar-refractivity contribution in [3.63, 3.8) is 0 Å². The van der Waals surface area contributed by atoms with Crippen LogP contribution in [0.5, 0.6) is 0 Å². The molecule has 5 aromatic rings. The maximum Gasteiger partial charge on any atom is 0.256 e. The molecule has 0 atom stereocenters. The highest BCUT2D eigenvalue weighted by Gasteiger charge is 2.26. The molecule has 29 heavy (non-hydrogen) atoms. The van der Waals surface area contributed by atoms with E-state index in [1.54, 1.807) is 4.40 Å². The average Bonchev–Trinajstić information content (AvgIpc) is 3.29. The van der Waals surface area contributed by atoms with Gasteiger partial charge in [-0.05, 0) is 42.0 Å². The minimum atomic E-state index is -3.82. The van der Waals surface area contributed by atoms with Gasteiger partial charge in [0.25, 0.3) is 5.16 Å². The van der Waals surface area contributed by atoms with E-state index in [9.17, 15) is 12.8 Å². The second-order valence-corrected chi connectivity index (χ2v) is 8.55. The third kappa shape index (κ3) is 2.89. The number of halogens is 1. The first kappa shape index (κ1) is 17.6.